The Bertz CT molecular complexity index is 1080. The van der Waals surface area contributed by atoms with Gasteiger partial charge in [-0.3, -0.25) is 14.4 Å². The van der Waals surface area contributed by atoms with E-state index < -0.39 is 34.5 Å². The standard InChI is InChI=1S/C23H24F2N2O3/c1-7-23(5,8-2)12-18(28)21(29)19-13(3)20(27(6)14(19)4)22(30)26-15-9-10-16(24)17(25)11-15/h1,9-11H,8,12H2,2-6H3,(H,26,30)/t23-/m1/s1. The lowest BCUT2D eigenvalue weighted by molar-refractivity contribution is -0.116. The fourth-order valence-corrected chi connectivity index (χ4v) is 3.25. The summed E-state index contributed by atoms with van der Waals surface area (Å²) in [5.74, 6) is -1.50. The number of nitrogens with one attached hydrogen (secondary N) is 1. The molecule has 1 N–H and O–H groups in total. The molecule has 0 unspecified atom stereocenters. The number of nitrogens with zero attached hydrogens (tertiary/aromatic N) is 1. The van der Waals surface area contributed by atoms with E-state index in [1.807, 2.05) is 6.92 Å². The molecule has 1 aromatic heterocycles. The predicted octanol–water partition coefficient (Wildman–Crippen LogP) is 4.36. The first-order valence-electron chi connectivity index (χ1n) is 9.43. The smallest absolute Gasteiger partial charge is 0.272 e. The maximum absolute atomic E-state index is 13.4. The van der Waals surface area contributed by atoms with Crippen LogP contribution in [0.25, 0.3) is 0 Å². The number of aromatic nitrogens is 1. The summed E-state index contributed by atoms with van der Waals surface area (Å²) in [7, 11) is 1.58. The van der Waals surface area contributed by atoms with Gasteiger partial charge in [-0.1, -0.05) is 12.8 Å². The van der Waals surface area contributed by atoms with Gasteiger partial charge < -0.3 is 9.88 Å². The Balaban J connectivity index is 2.37. The molecule has 7 heteroatoms. The number of rotatable bonds is 7. The molecular formula is C23H24F2N2O3. The molecule has 2 aromatic rings. The highest BCUT2D eigenvalue weighted by Gasteiger charge is 2.32. The van der Waals surface area contributed by atoms with E-state index in [-0.39, 0.29) is 23.4 Å². The Hall–Kier alpha value is -3.27. The minimum absolute atomic E-state index is 0.0637. The highest BCUT2D eigenvalue weighted by molar-refractivity contribution is 6.44. The second-order valence-corrected chi connectivity index (χ2v) is 7.56. The molecule has 1 aromatic carbocycles. The Morgan fingerprint density at radius 2 is 1.83 bits per heavy atom. The number of terminal acetylenes is 1. The molecule has 0 aliphatic rings. The fraction of sp³-hybridized carbons (Fsp3) is 0.348. The summed E-state index contributed by atoms with van der Waals surface area (Å²) >= 11 is 0. The molecule has 0 radical (unpaired) electrons. The maximum Gasteiger partial charge on any atom is 0.272 e. The average Bonchev–Trinajstić information content (AvgIpc) is 2.92. The van der Waals surface area contributed by atoms with Crippen molar-refractivity contribution in [2.45, 2.75) is 40.5 Å². The molecule has 0 saturated carbocycles. The van der Waals surface area contributed by atoms with Crippen LogP contribution in [0.5, 0.6) is 0 Å². The molecule has 0 spiro atoms. The lowest BCUT2D eigenvalue weighted by atomic mass is 9.81. The third-order valence-electron chi connectivity index (χ3n) is 5.48. The molecule has 30 heavy (non-hydrogen) atoms. The molecule has 0 aliphatic heterocycles. The van der Waals surface area contributed by atoms with Crippen molar-refractivity contribution in [3.05, 3.63) is 52.3 Å². The van der Waals surface area contributed by atoms with E-state index in [0.29, 0.717) is 17.7 Å². The van der Waals surface area contributed by atoms with Crippen molar-refractivity contribution in [1.29, 1.82) is 0 Å². The normalized spacial score (nSPS) is 12.7. The van der Waals surface area contributed by atoms with Crippen molar-refractivity contribution in [1.82, 2.24) is 4.57 Å². The molecule has 1 heterocycles. The van der Waals surface area contributed by atoms with Gasteiger partial charge >= 0.3 is 0 Å². The van der Waals surface area contributed by atoms with Crippen LogP contribution >= 0.6 is 0 Å². The van der Waals surface area contributed by atoms with E-state index >= 15 is 0 Å². The second kappa shape index (κ2) is 8.62. The van der Waals surface area contributed by atoms with Crippen LogP contribution in [0.4, 0.5) is 14.5 Å². The number of halogens is 2. The van der Waals surface area contributed by atoms with Gasteiger partial charge in [0.25, 0.3) is 5.91 Å². The van der Waals surface area contributed by atoms with E-state index in [9.17, 15) is 23.2 Å². The molecule has 0 saturated heterocycles. The Morgan fingerprint density at radius 1 is 1.20 bits per heavy atom. The molecule has 1 atom stereocenters. The quantitative estimate of drug-likeness (QED) is 0.416. The summed E-state index contributed by atoms with van der Waals surface area (Å²) in [5.41, 5.74) is 0.397. The Morgan fingerprint density at radius 3 is 2.37 bits per heavy atom. The van der Waals surface area contributed by atoms with Crippen LogP contribution in [-0.2, 0) is 11.8 Å². The van der Waals surface area contributed by atoms with E-state index in [1.54, 1.807) is 27.8 Å². The van der Waals surface area contributed by atoms with Crippen LogP contribution in [0.15, 0.2) is 18.2 Å². The minimum Gasteiger partial charge on any atom is -0.343 e. The van der Waals surface area contributed by atoms with E-state index in [2.05, 4.69) is 11.2 Å². The number of amides is 1. The van der Waals surface area contributed by atoms with Crippen LogP contribution in [0, 0.1) is 43.2 Å². The van der Waals surface area contributed by atoms with Crippen molar-refractivity contribution in [2.75, 3.05) is 5.32 Å². The zero-order chi connectivity index (χ0) is 22.8. The zero-order valence-corrected chi connectivity index (χ0v) is 17.7. The lowest BCUT2D eigenvalue weighted by Crippen LogP contribution is -2.24. The van der Waals surface area contributed by atoms with Crippen LogP contribution in [0.3, 0.4) is 0 Å². The molecule has 0 aliphatic carbocycles. The molecule has 2 rings (SSSR count). The largest absolute Gasteiger partial charge is 0.343 e. The van der Waals surface area contributed by atoms with Gasteiger partial charge in [0.1, 0.15) is 5.69 Å². The predicted molar refractivity (Wildman–Crippen MR) is 110 cm³/mol. The zero-order valence-electron chi connectivity index (χ0n) is 17.7. The topological polar surface area (TPSA) is 68.2 Å². The van der Waals surface area contributed by atoms with Crippen LogP contribution in [-0.4, -0.2) is 22.0 Å². The van der Waals surface area contributed by atoms with Crippen molar-refractivity contribution in [3.63, 3.8) is 0 Å². The number of benzene rings is 1. The summed E-state index contributed by atoms with van der Waals surface area (Å²) in [4.78, 5) is 38.2. The maximum atomic E-state index is 13.4. The number of hydrogen-bond donors (Lipinski definition) is 1. The van der Waals surface area contributed by atoms with Crippen molar-refractivity contribution in [2.24, 2.45) is 12.5 Å². The third-order valence-corrected chi connectivity index (χ3v) is 5.48. The first-order valence-corrected chi connectivity index (χ1v) is 9.43. The Labute approximate surface area is 174 Å². The highest BCUT2D eigenvalue weighted by atomic mass is 19.2. The van der Waals surface area contributed by atoms with E-state index in [0.717, 1.165) is 12.1 Å². The van der Waals surface area contributed by atoms with Gasteiger partial charge in [0.2, 0.25) is 11.6 Å². The fourth-order valence-electron chi connectivity index (χ4n) is 3.25. The summed E-state index contributed by atoms with van der Waals surface area (Å²) < 4.78 is 28.0. The average molecular weight is 414 g/mol. The van der Waals surface area contributed by atoms with Crippen molar-refractivity contribution < 1.29 is 23.2 Å². The highest BCUT2D eigenvalue weighted by Crippen LogP contribution is 2.28. The first kappa shape index (κ1) is 23.0. The van der Waals surface area contributed by atoms with Gasteiger partial charge in [-0.05, 0) is 44.9 Å². The molecule has 158 valence electrons. The molecule has 0 bridgehead atoms. The number of ketones is 2. The first-order chi connectivity index (χ1) is 14.0. The Kier molecular flexibility index (Phi) is 6.61. The van der Waals surface area contributed by atoms with E-state index in [4.69, 9.17) is 6.42 Å². The van der Waals surface area contributed by atoms with Crippen LogP contribution in [0.2, 0.25) is 0 Å². The van der Waals surface area contributed by atoms with Crippen molar-refractivity contribution in [3.8, 4) is 12.3 Å². The minimum atomic E-state index is -1.10. The van der Waals surface area contributed by atoms with Gasteiger partial charge in [0, 0.05) is 36.3 Å². The van der Waals surface area contributed by atoms with Gasteiger partial charge in [-0.25, -0.2) is 8.78 Å². The molecule has 1 amide bonds. The van der Waals surface area contributed by atoms with E-state index in [1.165, 1.54) is 10.6 Å². The van der Waals surface area contributed by atoms with Crippen LogP contribution < -0.4 is 5.32 Å². The summed E-state index contributed by atoms with van der Waals surface area (Å²) in [6.07, 6.45) is 5.95. The van der Waals surface area contributed by atoms with Gasteiger partial charge in [0.05, 0.1) is 5.56 Å². The number of carbonyl (C=O) groups excluding carboxylic acids is 3. The number of carbonyl (C=O) groups is 3. The summed E-state index contributed by atoms with van der Waals surface area (Å²) in [5, 5.41) is 2.48. The summed E-state index contributed by atoms with van der Waals surface area (Å²) in [6.45, 7) is 6.77. The number of hydrogen-bond acceptors (Lipinski definition) is 3. The second-order valence-electron chi connectivity index (χ2n) is 7.56. The molecule has 0 fully saturated rings. The van der Waals surface area contributed by atoms with Gasteiger partial charge in [-0.15, -0.1) is 6.42 Å². The third kappa shape index (κ3) is 4.33. The molecule has 5 nitrogen and oxygen atoms in total. The lowest BCUT2D eigenvalue weighted by Gasteiger charge is -2.19. The van der Waals surface area contributed by atoms with Crippen LogP contribution in [0.1, 0.15) is 58.8 Å². The number of Topliss-reactive ketones (excluding diaryl/α,β-unsaturated/α-hetero) is 2. The molecular weight excluding hydrogens is 390 g/mol. The SMILES string of the molecule is C#C[C@](C)(CC)CC(=O)C(=O)c1c(C)c(C(=O)Nc2ccc(F)c(F)c2)n(C)c1C. The monoisotopic (exact) mass is 414 g/mol. The van der Waals surface area contributed by atoms with Gasteiger partial charge in [-0.2, -0.15) is 0 Å². The summed E-state index contributed by atoms with van der Waals surface area (Å²) in [6, 6.07) is 2.99. The number of anilines is 1. The van der Waals surface area contributed by atoms with Gasteiger partial charge in [0.15, 0.2) is 11.6 Å². The van der Waals surface area contributed by atoms with Crippen molar-refractivity contribution >= 4 is 23.2 Å².